The van der Waals surface area contributed by atoms with Gasteiger partial charge in [0.25, 0.3) is 6.43 Å². The SMILES string of the molecule is OC(CNCc1cc(Br)c2c(c1)OCCO2)C(F)F. The first-order chi connectivity index (χ1) is 9.08. The van der Waals surface area contributed by atoms with Crippen LogP contribution in [0.15, 0.2) is 16.6 Å². The molecule has 0 fully saturated rings. The number of hydrogen-bond acceptors (Lipinski definition) is 4. The van der Waals surface area contributed by atoms with Crippen molar-refractivity contribution in [2.45, 2.75) is 19.1 Å². The van der Waals surface area contributed by atoms with Crippen LogP contribution in [0.25, 0.3) is 0 Å². The highest BCUT2D eigenvalue weighted by Crippen LogP contribution is 2.38. The van der Waals surface area contributed by atoms with Gasteiger partial charge in [-0.15, -0.1) is 0 Å². The van der Waals surface area contributed by atoms with Crippen LogP contribution in [-0.2, 0) is 6.54 Å². The molecule has 1 unspecified atom stereocenters. The molecule has 1 aromatic carbocycles. The average Bonchev–Trinajstić information content (AvgIpc) is 2.38. The topological polar surface area (TPSA) is 50.7 Å². The van der Waals surface area contributed by atoms with Crippen LogP contribution >= 0.6 is 15.9 Å². The molecule has 2 rings (SSSR count). The maximum absolute atomic E-state index is 12.1. The Morgan fingerprint density at radius 2 is 2.05 bits per heavy atom. The van der Waals surface area contributed by atoms with Gasteiger partial charge in [0, 0.05) is 13.1 Å². The van der Waals surface area contributed by atoms with Crippen molar-refractivity contribution in [2.75, 3.05) is 19.8 Å². The molecule has 19 heavy (non-hydrogen) atoms. The van der Waals surface area contributed by atoms with Crippen molar-refractivity contribution < 1.29 is 23.4 Å². The molecular weight excluding hydrogens is 324 g/mol. The number of nitrogens with one attached hydrogen (secondary N) is 1. The van der Waals surface area contributed by atoms with E-state index >= 15 is 0 Å². The maximum Gasteiger partial charge on any atom is 0.265 e. The summed E-state index contributed by atoms with van der Waals surface area (Å²) in [5.41, 5.74) is 0.859. The Hall–Kier alpha value is -0.920. The van der Waals surface area contributed by atoms with Crippen LogP contribution in [0.2, 0.25) is 0 Å². The van der Waals surface area contributed by atoms with Gasteiger partial charge >= 0.3 is 0 Å². The number of aliphatic hydroxyl groups is 1. The maximum atomic E-state index is 12.1. The molecular formula is C12H14BrF2NO3. The van der Waals surface area contributed by atoms with Crippen LogP contribution in [0.4, 0.5) is 8.78 Å². The minimum atomic E-state index is -2.74. The summed E-state index contributed by atoms with van der Waals surface area (Å²) in [7, 11) is 0. The lowest BCUT2D eigenvalue weighted by Crippen LogP contribution is -2.31. The number of benzene rings is 1. The highest BCUT2D eigenvalue weighted by molar-refractivity contribution is 9.10. The zero-order chi connectivity index (χ0) is 13.8. The normalized spacial score (nSPS) is 15.6. The zero-order valence-electron chi connectivity index (χ0n) is 10.0. The van der Waals surface area contributed by atoms with Crippen molar-refractivity contribution in [2.24, 2.45) is 0 Å². The molecule has 0 amide bonds. The number of fused-ring (bicyclic) bond motifs is 1. The molecule has 0 saturated carbocycles. The fourth-order valence-corrected chi connectivity index (χ4v) is 2.32. The molecule has 4 nitrogen and oxygen atoms in total. The van der Waals surface area contributed by atoms with E-state index in [1.165, 1.54) is 0 Å². The van der Waals surface area contributed by atoms with E-state index in [9.17, 15) is 8.78 Å². The summed E-state index contributed by atoms with van der Waals surface area (Å²) in [5, 5.41) is 11.8. The molecule has 7 heteroatoms. The quantitative estimate of drug-likeness (QED) is 0.862. The molecule has 1 heterocycles. The third-order valence-corrected chi connectivity index (χ3v) is 3.22. The Balaban J connectivity index is 1.96. The van der Waals surface area contributed by atoms with Crippen LogP contribution < -0.4 is 14.8 Å². The number of ether oxygens (including phenoxy) is 2. The van der Waals surface area contributed by atoms with Crippen LogP contribution in [0.1, 0.15) is 5.56 Å². The lowest BCUT2D eigenvalue weighted by Gasteiger charge is -2.20. The Kier molecular flexibility index (Phi) is 4.95. The predicted molar refractivity (Wildman–Crippen MR) is 68.8 cm³/mol. The van der Waals surface area contributed by atoms with E-state index in [0.29, 0.717) is 31.3 Å². The molecule has 2 N–H and O–H groups in total. The molecule has 1 aliphatic heterocycles. The summed E-state index contributed by atoms with van der Waals surface area (Å²) >= 11 is 3.37. The Bertz CT molecular complexity index is 445. The first kappa shape index (κ1) is 14.5. The van der Waals surface area contributed by atoms with Crippen molar-refractivity contribution >= 4 is 15.9 Å². The second kappa shape index (κ2) is 6.49. The summed E-state index contributed by atoms with van der Waals surface area (Å²) in [6, 6.07) is 3.62. The van der Waals surface area contributed by atoms with Gasteiger partial charge in [-0.1, -0.05) is 0 Å². The van der Waals surface area contributed by atoms with Crippen LogP contribution in [0, 0.1) is 0 Å². The van der Waals surface area contributed by atoms with E-state index in [1.807, 2.05) is 6.07 Å². The molecule has 0 bridgehead atoms. The molecule has 1 aliphatic rings. The Morgan fingerprint density at radius 1 is 1.32 bits per heavy atom. The van der Waals surface area contributed by atoms with Gasteiger partial charge in [-0.05, 0) is 33.6 Å². The van der Waals surface area contributed by atoms with E-state index in [2.05, 4.69) is 21.2 Å². The summed E-state index contributed by atoms with van der Waals surface area (Å²) < 4.78 is 35.9. The third kappa shape index (κ3) is 3.77. The number of hydrogen-bond donors (Lipinski definition) is 2. The van der Waals surface area contributed by atoms with Crippen molar-refractivity contribution in [1.82, 2.24) is 5.32 Å². The molecule has 1 atom stereocenters. The third-order valence-electron chi connectivity index (χ3n) is 2.63. The monoisotopic (exact) mass is 337 g/mol. The van der Waals surface area contributed by atoms with Crippen molar-refractivity contribution in [1.29, 1.82) is 0 Å². The van der Waals surface area contributed by atoms with Gasteiger partial charge in [-0.2, -0.15) is 0 Å². The molecule has 1 aromatic rings. The zero-order valence-corrected chi connectivity index (χ0v) is 11.6. The minimum absolute atomic E-state index is 0.163. The minimum Gasteiger partial charge on any atom is -0.486 e. The van der Waals surface area contributed by atoms with Gasteiger partial charge in [0.05, 0.1) is 4.47 Å². The van der Waals surface area contributed by atoms with E-state index in [4.69, 9.17) is 14.6 Å². The fourth-order valence-electron chi connectivity index (χ4n) is 1.72. The number of halogens is 3. The van der Waals surface area contributed by atoms with E-state index in [-0.39, 0.29) is 6.54 Å². The van der Waals surface area contributed by atoms with E-state index < -0.39 is 12.5 Å². The smallest absolute Gasteiger partial charge is 0.265 e. The van der Waals surface area contributed by atoms with Gasteiger partial charge in [-0.25, -0.2) is 8.78 Å². The predicted octanol–water partition coefficient (Wildman–Crippen LogP) is 1.94. The second-order valence-electron chi connectivity index (χ2n) is 4.13. The molecule has 0 aromatic heterocycles. The van der Waals surface area contributed by atoms with Gasteiger partial charge in [0.15, 0.2) is 11.5 Å². The van der Waals surface area contributed by atoms with Crippen LogP contribution in [0.5, 0.6) is 11.5 Å². The average molecular weight is 338 g/mol. The van der Waals surface area contributed by atoms with Crippen molar-refractivity contribution in [3.05, 3.63) is 22.2 Å². The first-order valence-corrected chi connectivity index (χ1v) is 6.62. The van der Waals surface area contributed by atoms with Gasteiger partial charge in [-0.3, -0.25) is 0 Å². The van der Waals surface area contributed by atoms with Gasteiger partial charge < -0.3 is 19.9 Å². The van der Waals surface area contributed by atoms with Gasteiger partial charge in [0.1, 0.15) is 19.3 Å². The standard InChI is InChI=1S/C12H14BrF2NO3/c13-8-3-7(5-16-6-9(17)12(14)15)4-10-11(8)19-2-1-18-10/h3-4,9,12,16-17H,1-2,5-6H2. The summed E-state index contributed by atoms with van der Waals surface area (Å²) in [4.78, 5) is 0. The molecule has 106 valence electrons. The summed E-state index contributed by atoms with van der Waals surface area (Å²) in [6.07, 6.45) is -4.39. The lowest BCUT2D eigenvalue weighted by atomic mass is 10.2. The lowest BCUT2D eigenvalue weighted by molar-refractivity contribution is -0.00341. The van der Waals surface area contributed by atoms with E-state index in [1.54, 1.807) is 6.07 Å². The molecule has 0 radical (unpaired) electrons. The molecule has 0 spiro atoms. The van der Waals surface area contributed by atoms with Crippen molar-refractivity contribution in [3.8, 4) is 11.5 Å². The Labute approximate surface area is 117 Å². The highest BCUT2D eigenvalue weighted by Gasteiger charge is 2.18. The van der Waals surface area contributed by atoms with Crippen LogP contribution in [0.3, 0.4) is 0 Å². The highest BCUT2D eigenvalue weighted by atomic mass is 79.9. The molecule has 0 aliphatic carbocycles. The second-order valence-corrected chi connectivity index (χ2v) is 4.99. The fraction of sp³-hybridized carbons (Fsp3) is 0.500. The van der Waals surface area contributed by atoms with Gasteiger partial charge in [0.2, 0.25) is 0 Å². The number of alkyl halides is 2. The van der Waals surface area contributed by atoms with E-state index in [0.717, 1.165) is 10.0 Å². The first-order valence-electron chi connectivity index (χ1n) is 5.83. The molecule has 0 saturated heterocycles. The number of rotatable bonds is 5. The largest absolute Gasteiger partial charge is 0.486 e. The van der Waals surface area contributed by atoms with Crippen LogP contribution in [-0.4, -0.2) is 37.4 Å². The summed E-state index contributed by atoms with van der Waals surface area (Å²) in [5.74, 6) is 1.29. The summed E-state index contributed by atoms with van der Waals surface area (Å²) in [6.45, 7) is 1.19. The Morgan fingerprint density at radius 3 is 2.79 bits per heavy atom. The van der Waals surface area contributed by atoms with Crippen molar-refractivity contribution in [3.63, 3.8) is 0 Å². The number of aliphatic hydroxyl groups excluding tert-OH is 1.